The van der Waals surface area contributed by atoms with Crippen LogP contribution in [0, 0.1) is 11.3 Å². The van der Waals surface area contributed by atoms with Crippen LogP contribution in [0.4, 0.5) is 5.82 Å². The maximum atomic E-state index is 12.8. The predicted molar refractivity (Wildman–Crippen MR) is 98.8 cm³/mol. The first-order valence-electron chi connectivity index (χ1n) is 8.51. The summed E-state index contributed by atoms with van der Waals surface area (Å²) in [5.74, 6) is -0.116. The summed E-state index contributed by atoms with van der Waals surface area (Å²) in [5, 5.41) is 20.0. The molecule has 0 bridgehead atoms. The van der Waals surface area contributed by atoms with Gasteiger partial charge >= 0.3 is 5.97 Å². The van der Waals surface area contributed by atoms with Crippen molar-refractivity contribution >= 4 is 23.4 Å². The first-order valence-corrected chi connectivity index (χ1v) is 8.89. The molecule has 7 heteroatoms. The number of ether oxygens (including phenoxy) is 1. The minimum absolute atomic E-state index is 0.276. The molecule has 2 aromatic rings. The van der Waals surface area contributed by atoms with Crippen molar-refractivity contribution in [3.05, 3.63) is 57.4 Å². The second kappa shape index (κ2) is 7.63. The van der Waals surface area contributed by atoms with E-state index in [1.807, 2.05) is 13.0 Å². The van der Waals surface area contributed by atoms with Gasteiger partial charge < -0.3 is 10.1 Å². The lowest BCUT2D eigenvalue weighted by Gasteiger charge is -2.29. The van der Waals surface area contributed by atoms with E-state index >= 15 is 0 Å². The highest BCUT2D eigenvalue weighted by molar-refractivity contribution is 6.32. The molecule has 0 fully saturated rings. The molecule has 1 aliphatic heterocycles. The number of carbonyl (C=O) groups is 1. The summed E-state index contributed by atoms with van der Waals surface area (Å²) in [5.41, 5.74) is 3.15. The number of benzene rings is 1. The van der Waals surface area contributed by atoms with Crippen LogP contribution in [0.2, 0.25) is 5.02 Å². The zero-order valence-electron chi connectivity index (χ0n) is 14.6. The minimum Gasteiger partial charge on any atom is -0.463 e. The minimum atomic E-state index is -0.452. The third-order valence-electron chi connectivity index (χ3n) is 4.32. The van der Waals surface area contributed by atoms with Gasteiger partial charge in [-0.25, -0.2) is 4.79 Å². The third-order valence-corrected chi connectivity index (χ3v) is 4.75. The Kier molecular flexibility index (Phi) is 5.29. The molecule has 0 spiro atoms. The molecule has 6 nitrogen and oxygen atoms in total. The summed E-state index contributed by atoms with van der Waals surface area (Å²) >= 11 is 6.50. The SMILES string of the molecule is CCCC1=C(C(=O)OCC)C(c2cccc(C#N)c2Cl)c2cn[nH]c2N1. The Hall–Kier alpha value is -2.78. The Morgan fingerprint density at radius 3 is 2.88 bits per heavy atom. The lowest BCUT2D eigenvalue weighted by atomic mass is 9.81. The molecule has 0 amide bonds. The van der Waals surface area contributed by atoms with Crippen LogP contribution in [-0.2, 0) is 9.53 Å². The van der Waals surface area contributed by atoms with Gasteiger partial charge in [0.15, 0.2) is 0 Å². The summed E-state index contributed by atoms with van der Waals surface area (Å²) in [7, 11) is 0. The monoisotopic (exact) mass is 370 g/mol. The molecule has 0 saturated carbocycles. The Morgan fingerprint density at radius 2 is 2.19 bits per heavy atom. The van der Waals surface area contributed by atoms with Crippen LogP contribution in [0.25, 0.3) is 0 Å². The Morgan fingerprint density at radius 1 is 1.38 bits per heavy atom. The van der Waals surface area contributed by atoms with Gasteiger partial charge in [-0.15, -0.1) is 0 Å². The number of halogens is 1. The van der Waals surface area contributed by atoms with Gasteiger partial charge in [-0.1, -0.05) is 37.1 Å². The summed E-state index contributed by atoms with van der Waals surface area (Å²) in [6.45, 7) is 4.09. The molecule has 1 aromatic heterocycles. The second-order valence-electron chi connectivity index (χ2n) is 5.94. The van der Waals surface area contributed by atoms with E-state index in [0.717, 1.165) is 23.5 Å². The first kappa shape index (κ1) is 18.0. The largest absolute Gasteiger partial charge is 0.463 e. The first-order chi connectivity index (χ1) is 12.6. The van der Waals surface area contributed by atoms with E-state index in [4.69, 9.17) is 16.3 Å². The van der Waals surface area contributed by atoms with Crippen LogP contribution < -0.4 is 5.32 Å². The number of rotatable bonds is 5. The number of allylic oxidation sites excluding steroid dienone is 1. The zero-order valence-corrected chi connectivity index (χ0v) is 15.4. The highest BCUT2D eigenvalue weighted by Crippen LogP contribution is 2.44. The second-order valence-corrected chi connectivity index (χ2v) is 6.32. The van der Waals surface area contributed by atoms with Gasteiger partial charge in [0.2, 0.25) is 0 Å². The van der Waals surface area contributed by atoms with Crippen molar-refractivity contribution in [2.75, 3.05) is 11.9 Å². The smallest absolute Gasteiger partial charge is 0.336 e. The number of carbonyl (C=O) groups excluding carboxylic acids is 1. The summed E-state index contributed by atoms with van der Waals surface area (Å²) < 4.78 is 5.32. The molecule has 134 valence electrons. The van der Waals surface area contributed by atoms with Crippen molar-refractivity contribution in [3.63, 3.8) is 0 Å². The average Bonchev–Trinajstić information content (AvgIpc) is 3.09. The van der Waals surface area contributed by atoms with Crippen LogP contribution in [0.15, 0.2) is 35.7 Å². The van der Waals surface area contributed by atoms with E-state index in [-0.39, 0.29) is 6.61 Å². The fourth-order valence-electron chi connectivity index (χ4n) is 3.24. The summed E-state index contributed by atoms with van der Waals surface area (Å²) in [6.07, 6.45) is 3.20. The van der Waals surface area contributed by atoms with Gasteiger partial charge in [0, 0.05) is 17.2 Å². The summed E-state index contributed by atoms with van der Waals surface area (Å²) in [6, 6.07) is 7.35. The fourth-order valence-corrected chi connectivity index (χ4v) is 3.52. The van der Waals surface area contributed by atoms with E-state index in [9.17, 15) is 10.1 Å². The van der Waals surface area contributed by atoms with Crippen LogP contribution >= 0.6 is 11.6 Å². The number of aromatic amines is 1. The maximum absolute atomic E-state index is 12.8. The van der Waals surface area contributed by atoms with Gasteiger partial charge in [0.05, 0.1) is 29.0 Å². The number of esters is 1. The normalized spacial score (nSPS) is 15.8. The molecule has 1 unspecified atom stereocenters. The number of anilines is 1. The topological polar surface area (TPSA) is 90.8 Å². The van der Waals surface area contributed by atoms with Crippen molar-refractivity contribution < 1.29 is 9.53 Å². The molecule has 2 heterocycles. The highest BCUT2D eigenvalue weighted by Gasteiger charge is 2.36. The lowest BCUT2D eigenvalue weighted by molar-refractivity contribution is -0.138. The molecule has 0 radical (unpaired) electrons. The number of nitrogens with one attached hydrogen (secondary N) is 2. The van der Waals surface area contributed by atoms with Gasteiger partial charge in [-0.2, -0.15) is 10.4 Å². The molecule has 2 N–H and O–H groups in total. The maximum Gasteiger partial charge on any atom is 0.336 e. The van der Waals surface area contributed by atoms with Crippen molar-refractivity contribution in [3.8, 4) is 6.07 Å². The number of hydrogen-bond acceptors (Lipinski definition) is 5. The van der Waals surface area contributed by atoms with Crippen LogP contribution in [-0.4, -0.2) is 22.8 Å². The highest BCUT2D eigenvalue weighted by atomic mass is 35.5. The number of hydrogen-bond donors (Lipinski definition) is 2. The van der Waals surface area contributed by atoms with Crippen LogP contribution in [0.5, 0.6) is 0 Å². The van der Waals surface area contributed by atoms with Crippen LogP contribution in [0.3, 0.4) is 0 Å². The molecule has 3 rings (SSSR count). The lowest BCUT2D eigenvalue weighted by Crippen LogP contribution is -2.25. The van der Waals surface area contributed by atoms with E-state index in [1.165, 1.54) is 0 Å². The molecule has 26 heavy (non-hydrogen) atoms. The van der Waals surface area contributed by atoms with Crippen LogP contribution in [0.1, 0.15) is 49.3 Å². The van der Waals surface area contributed by atoms with E-state index in [0.29, 0.717) is 28.1 Å². The van der Waals surface area contributed by atoms with Crippen molar-refractivity contribution in [2.45, 2.75) is 32.6 Å². The van der Waals surface area contributed by atoms with E-state index < -0.39 is 11.9 Å². The van der Waals surface area contributed by atoms with Gasteiger partial charge in [0.1, 0.15) is 11.9 Å². The number of nitriles is 1. The number of aromatic nitrogens is 2. The third kappa shape index (κ3) is 3.06. The average molecular weight is 371 g/mol. The number of nitrogens with zero attached hydrogens (tertiary/aromatic N) is 2. The molecule has 0 saturated heterocycles. The molecule has 0 aliphatic carbocycles. The van der Waals surface area contributed by atoms with E-state index in [1.54, 1.807) is 25.3 Å². The fraction of sp³-hybridized carbons (Fsp3) is 0.316. The summed E-state index contributed by atoms with van der Waals surface area (Å²) in [4.78, 5) is 12.8. The van der Waals surface area contributed by atoms with Crippen molar-refractivity contribution in [1.29, 1.82) is 5.26 Å². The predicted octanol–water partition coefficient (Wildman–Crippen LogP) is 4.11. The Balaban J connectivity index is 2.25. The van der Waals surface area contributed by atoms with Crippen molar-refractivity contribution in [2.24, 2.45) is 0 Å². The molecule has 1 atom stereocenters. The molecule has 1 aromatic carbocycles. The number of fused-ring (bicyclic) bond motifs is 1. The van der Waals surface area contributed by atoms with E-state index in [2.05, 4.69) is 21.6 Å². The Labute approximate surface area is 156 Å². The molecular formula is C19H19ClN4O2. The quantitative estimate of drug-likeness (QED) is 0.773. The molecule has 1 aliphatic rings. The standard InChI is InChI=1S/C19H19ClN4O2/c1-3-6-14-16(19(25)26-4-2)15(13-10-22-24-18(13)23-14)12-8-5-7-11(9-21)17(12)20/h5,7-8,10,15H,3-4,6H2,1-2H3,(H2,22,23,24). The van der Waals surface area contributed by atoms with Gasteiger partial charge in [-0.3, -0.25) is 5.10 Å². The molecular weight excluding hydrogens is 352 g/mol. The Bertz CT molecular complexity index is 911. The van der Waals surface area contributed by atoms with Gasteiger partial charge in [-0.05, 0) is 25.0 Å². The van der Waals surface area contributed by atoms with Crippen molar-refractivity contribution in [1.82, 2.24) is 10.2 Å². The van der Waals surface area contributed by atoms with Gasteiger partial charge in [0.25, 0.3) is 0 Å². The zero-order chi connectivity index (χ0) is 18.7. The number of H-pyrrole nitrogens is 1.